The van der Waals surface area contributed by atoms with Gasteiger partial charge in [0.25, 0.3) is 0 Å². The maximum Gasteiger partial charge on any atom is 0.0640 e. The summed E-state index contributed by atoms with van der Waals surface area (Å²) >= 11 is 0. The Bertz CT molecular complexity index is 278. The Labute approximate surface area is 98.0 Å². The number of aromatic nitrogens is 2. The quantitative estimate of drug-likeness (QED) is 0.726. The highest BCUT2D eigenvalue weighted by molar-refractivity contribution is 5.01. The Morgan fingerprint density at radius 1 is 1.56 bits per heavy atom. The van der Waals surface area contributed by atoms with Gasteiger partial charge in [0.1, 0.15) is 0 Å². The van der Waals surface area contributed by atoms with Gasteiger partial charge in [0, 0.05) is 39.4 Å². The van der Waals surface area contributed by atoms with Gasteiger partial charge in [-0.2, -0.15) is 5.10 Å². The van der Waals surface area contributed by atoms with Crippen LogP contribution in [0.5, 0.6) is 0 Å². The molecule has 1 rings (SSSR count). The van der Waals surface area contributed by atoms with E-state index in [2.05, 4.69) is 23.4 Å². The molecule has 0 aliphatic carbocycles. The number of nitrogens with zero attached hydrogens (tertiary/aromatic N) is 2. The molecule has 0 radical (unpaired) electrons. The van der Waals surface area contributed by atoms with E-state index in [0.717, 1.165) is 38.1 Å². The molecule has 16 heavy (non-hydrogen) atoms. The van der Waals surface area contributed by atoms with E-state index in [1.807, 2.05) is 17.9 Å². The Morgan fingerprint density at radius 2 is 2.38 bits per heavy atom. The molecule has 92 valence electrons. The number of methoxy groups -OCH3 is 1. The second-order valence-electron chi connectivity index (χ2n) is 4.12. The molecule has 1 unspecified atom stereocenters. The molecule has 0 aliphatic rings. The summed E-state index contributed by atoms with van der Waals surface area (Å²) in [5.41, 5.74) is 1.15. The van der Waals surface area contributed by atoms with Gasteiger partial charge in [-0.15, -0.1) is 0 Å². The first-order valence-electron chi connectivity index (χ1n) is 5.97. The first-order chi connectivity index (χ1) is 7.76. The molecule has 0 amide bonds. The zero-order valence-electron chi connectivity index (χ0n) is 10.6. The third-order valence-electron chi connectivity index (χ3n) is 2.58. The third-order valence-corrected chi connectivity index (χ3v) is 2.58. The minimum absolute atomic E-state index is 0.467. The Kier molecular flexibility index (Phi) is 6.11. The highest BCUT2D eigenvalue weighted by atomic mass is 16.5. The molecule has 4 heteroatoms. The van der Waals surface area contributed by atoms with E-state index < -0.39 is 0 Å². The maximum absolute atomic E-state index is 5.13. The molecule has 0 spiro atoms. The molecule has 0 saturated heterocycles. The average molecular weight is 225 g/mol. The molecule has 0 fully saturated rings. The normalized spacial score (nSPS) is 12.9. The number of hydrogen-bond donors (Lipinski definition) is 1. The number of ether oxygens (including phenoxy) is 1. The lowest BCUT2D eigenvalue weighted by atomic mass is 10.1. The van der Waals surface area contributed by atoms with Crippen molar-refractivity contribution in [3.63, 3.8) is 0 Å². The highest BCUT2D eigenvalue weighted by Gasteiger charge is 2.10. The largest absolute Gasteiger partial charge is 0.385 e. The van der Waals surface area contributed by atoms with Gasteiger partial charge in [0.2, 0.25) is 0 Å². The van der Waals surface area contributed by atoms with E-state index in [-0.39, 0.29) is 0 Å². The highest BCUT2D eigenvalue weighted by Crippen LogP contribution is 2.03. The van der Waals surface area contributed by atoms with Crippen molar-refractivity contribution in [2.45, 2.75) is 32.2 Å². The second-order valence-corrected chi connectivity index (χ2v) is 4.12. The standard InChI is InChI=1S/C12H23N3O/c1-4-7-13-11(6-9-16-3)10-12-5-8-15(2)14-12/h5,8,11,13H,4,6-7,9-10H2,1-3H3. The van der Waals surface area contributed by atoms with Gasteiger partial charge in [-0.25, -0.2) is 0 Å². The zero-order valence-corrected chi connectivity index (χ0v) is 10.6. The van der Waals surface area contributed by atoms with Crippen molar-refractivity contribution in [3.05, 3.63) is 18.0 Å². The zero-order chi connectivity index (χ0) is 11.8. The van der Waals surface area contributed by atoms with Crippen LogP contribution < -0.4 is 5.32 Å². The topological polar surface area (TPSA) is 39.1 Å². The summed E-state index contributed by atoms with van der Waals surface area (Å²) in [6.45, 7) is 4.04. The lowest BCUT2D eigenvalue weighted by molar-refractivity contribution is 0.182. The monoisotopic (exact) mass is 225 g/mol. The van der Waals surface area contributed by atoms with Crippen molar-refractivity contribution in [1.29, 1.82) is 0 Å². The molecule has 1 aromatic rings. The first kappa shape index (κ1) is 13.2. The summed E-state index contributed by atoms with van der Waals surface area (Å²) in [5.74, 6) is 0. The number of nitrogens with one attached hydrogen (secondary N) is 1. The molecule has 4 nitrogen and oxygen atoms in total. The van der Waals surface area contributed by atoms with Crippen LogP contribution in [-0.2, 0) is 18.2 Å². The minimum atomic E-state index is 0.467. The molecule has 1 atom stereocenters. The summed E-state index contributed by atoms with van der Waals surface area (Å²) in [6.07, 6.45) is 5.16. The van der Waals surface area contributed by atoms with E-state index in [0.29, 0.717) is 6.04 Å². The molecule has 0 aliphatic heterocycles. The van der Waals surface area contributed by atoms with E-state index in [9.17, 15) is 0 Å². The molecule has 1 aromatic heterocycles. The maximum atomic E-state index is 5.13. The van der Waals surface area contributed by atoms with Gasteiger partial charge < -0.3 is 10.1 Å². The number of rotatable bonds is 8. The lowest BCUT2D eigenvalue weighted by Gasteiger charge is -2.16. The van der Waals surface area contributed by atoms with E-state index >= 15 is 0 Å². The van der Waals surface area contributed by atoms with Crippen LogP contribution in [0.1, 0.15) is 25.5 Å². The molecule has 1 N–H and O–H groups in total. The van der Waals surface area contributed by atoms with Crippen LogP contribution >= 0.6 is 0 Å². The van der Waals surface area contributed by atoms with E-state index in [1.165, 1.54) is 0 Å². The van der Waals surface area contributed by atoms with Crippen LogP contribution in [0, 0.1) is 0 Å². The van der Waals surface area contributed by atoms with Gasteiger partial charge in [-0.3, -0.25) is 4.68 Å². The van der Waals surface area contributed by atoms with Crippen LogP contribution in [0.15, 0.2) is 12.3 Å². The summed E-state index contributed by atoms with van der Waals surface area (Å²) in [4.78, 5) is 0. The summed E-state index contributed by atoms with van der Waals surface area (Å²) < 4.78 is 6.98. The smallest absolute Gasteiger partial charge is 0.0640 e. The molecule has 0 bridgehead atoms. The van der Waals surface area contributed by atoms with Crippen LogP contribution in [0.2, 0.25) is 0 Å². The number of hydrogen-bond acceptors (Lipinski definition) is 3. The second kappa shape index (κ2) is 7.41. The Morgan fingerprint density at radius 3 is 2.94 bits per heavy atom. The third kappa shape index (κ3) is 4.77. The van der Waals surface area contributed by atoms with Crippen LogP contribution in [-0.4, -0.2) is 36.1 Å². The Hall–Kier alpha value is -0.870. The fourth-order valence-corrected chi connectivity index (χ4v) is 1.71. The van der Waals surface area contributed by atoms with Crippen molar-refractivity contribution in [1.82, 2.24) is 15.1 Å². The molecule has 0 aromatic carbocycles. The number of aryl methyl sites for hydroxylation is 1. The predicted octanol–water partition coefficient (Wildman–Crippen LogP) is 1.37. The molecular formula is C12H23N3O. The SMILES string of the molecule is CCCNC(CCOC)Cc1ccn(C)n1. The predicted molar refractivity (Wildman–Crippen MR) is 65.5 cm³/mol. The van der Waals surface area contributed by atoms with Crippen LogP contribution in [0.4, 0.5) is 0 Å². The van der Waals surface area contributed by atoms with Gasteiger partial charge in [0.05, 0.1) is 5.69 Å². The first-order valence-corrected chi connectivity index (χ1v) is 5.97. The van der Waals surface area contributed by atoms with Crippen molar-refractivity contribution < 1.29 is 4.74 Å². The van der Waals surface area contributed by atoms with Gasteiger partial charge >= 0.3 is 0 Å². The fourth-order valence-electron chi connectivity index (χ4n) is 1.71. The van der Waals surface area contributed by atoms with E-state index in [1.54, 1.807) is 7.11 Å². The molecule has 0 saturated carbocycles. The minimum Gasteiger partial charge on any atom is -0.385 e. The summed E-state index contributed by atoms with van der Waals surface area (Å²) in [7, 11) is 3.70. The van der Waals surface area contributed by atoms with Gasteiger partial charge in [-0.1, -0.05) is 6.92 Å². The van der Waals surface area contributed by atoms with Gasteiger partial charge in [-0.05, 0) is 25.5 Å². The van der Waals surface area contributed by atoms with Crippen molar-refractivity contribution in [2.75, 3.05) is 20.3 Å². The molecule has 1 heterocycles. The molecular weight excluding hydrogens is 202 g/mol. The van der Waals surface area contributed by atoms with Crippen LogP contribution in [0.3, 0.4) is 0 Å². The summed E-state index contributed by atoms with van der Waals surface area (Å²) in [6, 6.07) is 2.54. The van der Waals surface area contributed by atoms with Crippen LogP contribution in [0.25, 0.3) is 0 Å². The van der Waals surface area contributed by atoms with Crippen molar-refractivity contribution in [3.8, 4) is 0 Å². The summed E-state index contributed by atoms with van der Waals surface area (Å²) in [5, 5.41) is 7.94. The van der Waals surface area contributed by atoms with Crippen molar-refractivity contribution in [2.24, 2.45) is 7.05 Å². The van der Waals surface area contributed by atoms with E-state index in [4.69, 9.17) is 4.74 Å². The van der Waals surface area contributed by atoms with Gasteiger partial charge in [0.15, 0.2) is 0 Å². The average Bonchev–Trinajstić information content (AvgIpc) is 2.68. The Balaban J connectivity index is 2.41. The van der Waals surface area contributed by atoms with Crippen molar-refractivity contribution >= 4 is 0 Å². The lowest BCUT2D eigenvalue weighted by Crippen LogP contribution is -2.33. The fraction of sp³-hybridized carbons (Fsp3) is 0.750.